The summed E-state index contributed by atoms with van der Waals surface area (Å²) in [5, 5.41) is 21.9. The van der Waals surface area contributed by atoms with Crippen LogP contribution >= 0.6 is 22.9 Å². The number of hydrogen-bond acceptors (Lipinski definition) is 6. The van der Waals surface area contributed by atoms with Gasteiger partial charge in [0.05, 0.1) is 11.3 Å². The minimum absolute atomic E-state index is 0.0112. The summed E-state index contributed by atoms with van der Waals surface area (Å²) in [6.45, 7) is -0.0330. The van der Waals surface area contributed by atoms with Crippen LogP contribution in [0.2, 0.25) is 5.02 Å². The molecule has 2 aromatic heterocycles. The molecule has 0 saturated heterocycles. The summed E-state index contributed by atoms with van der Waals surface area (Å²) < 4.78 is 45.7. The third-order valence-electron chi connectivity index (χ3n) is 4.19. The van der Waals surface area contributed by atoms with Crippen molar-refractivity contribution in [1.29, 1.82) is 5.26 Å². The van der Waals surface area contributed by atoms with Crippen molar-refractivity contribution in [2.24, 2.45) is 0 Å². The molecule has 0 bridgehead atoms. The average Bonchev–Trinajstić information content (AvgIpc) is 3.41. The zero-order valence-electron chi connectivity index (χ0n) is 15.4. The van der Waals surface area contributed by atoms with Crippen LogP contribution in [0.25, 0.3) is 21.8 Å². The number of thiazole rings is 1. The molecule has 0 radical (unpaired) electrons. The van der Waals surface area contributed by atoms with E-state index in [1.54, 1.807) is 23.6 Å². The maximum absolute atomic E-state index is 13.4. The number of aromatic amines is 1. The maximum Gasteiger partial charge on any atom is 0.416 e. The van der Waals surface area contributed by atoms with Crippen molar-refractivity contribution in [2.75, 3.05) is 0 Å². The van der Waals surface area contributed by atoms with Crippen molar-refractivity contribution >= 4 is 22.9 Å². The summed E-state index contributed by atoms with van der Waals surface area (Å²) in [5.74, 6) is -0.0299. The van der Waals surface area contributed by atoms with Crippen LogP contribution < -0.4 is 4.74 Å². The average molecular weight is 462 g/mol. The Balaban J connectivity index is 1.59. The van der Waals surface area contributed by atoms with Gasteiger partial charge in [0, 0.05) is 21.5 Å². The van der Waals surface area contributed by atoms with Crippen molar-refractivity contribution in [1.82, 2.24) is 20.4 Å². The monoisotopic (exact) mass is 461 g/mol. The molecule has 4 rings (SSSR count). The van der Waals surface area contributed by atoms with Crippen LogP contribution in [0.1, 0.15) is 17.0 Å². The number of aromatic nitrogens is 4. The fourth-order valence-electron chi connectivity index (χ4n) is 2.75. The molecule has 2 aromatic carbocycles. The lowest BCUT2D eigenvalue weighted by molar-refractivity contribution is -0.137. The summed E-state index contributed by atoms with van der Waals surface area (Å²) in [6, 6.07) is 12.1. The lowest BCUT2D eigenvalue weighted by Gasteiger charge is -2.12. The van der Waals surface area contributed by atoms with Crippen LogP contribution in [0.5, 0.6) is 5.75 Å². The maximum atomic E-state index is 13.4. The Hall–Kier alpha value is -3.42. The van der Waals surface area contributed by atoms with E-state index in [1.807, 2.05) is 12.1 Å². The number of nitrogens with one attached hydrogen (secondary N) is 1. The first-order valence-electron chi connectivity index (χ1n) is 8.70. The Morgan fingerprint density at radius 2 is 1.87 bits per heavy atom. The van der Waals surface area contributed by atoms with Crippen LogP contribution in [0, 0.1) is 11.3 Å². The Morgan fingerprint density at radius 1 is 1.10 bits per heavy atom. The highest BCUT2D eigenvalue weighted by molar-refractivity contribution is 7.13. The molecule has 11 heteroatoms. The Bertz CT molecular complexity index is 1260. The fourth-order valence-corrected chi connectivity index (χ4v) is 3.69. The molecule has 31 heavy (non-hydrogen) atoms. The number of benzene rings is 2. The SMILES string of the molecule is N#Cc1n[nH]nc1-c1cc(OCc2csc(-c3ccc(Cl)cc3)n2)cc(C(F)(F)F)c1. The number of ether oxygens (including phenoxy) is 1. The van der Waals surface area contributed by atoms with Gasteiger partial charge >= 0.3 is 6.18 Å². The number of nitrogens with zero attached hydrogens (tertiary/aromatic N) is 4. The summed E-state index contributed by atoms with van der Waals surface area (Å²) in [4.78, 5) is 4.45. The number of hydrogen-bond donors (Lipinski definition) is 1. The number of alkyl halides is 3. The standard InChI is InChI=1S/C20H11ClF3N5OS/c21-14-3-1-11(2-4-14)19-26-15(10-31-19)9-30-16-6-12(5-13(7-16)20(22,23)24)18-17(8-25)27-29-28-18/h1-7,10H,9H2,(H,27,28,29). The van der Waals surface area contributed by atoms with Gasteiger partial charge in [-0.2, -0.15) is 28.7 Å². The van der Waals surface area contributed by atoms with E-state index in [9.17, 15) is 13.2 Å². The molecule has 4 aromatic rings. The van der Waals surface area contributed by atoms with E-state index >= 15 is 0 Å². The summed E-state index contributed by atoms with van der Waals surface area (Å²) in [5.41, 5.74) is 0.474. The molecule has 0 saturated carbocycles. The molecule has 0 unspecified atom stereocenters. The molecule has 0 aliphatic carbocycles. The van der Waals surface area contributed by atoms with Gasteiger partial charge in [-0.15, -0.1) is 16.4 Å². The first kappa shape index (κ1) is 20.8. The molecule has 6 nitrogen and oxygen atoms in total. The smallest absolute Gasteiger partial charge is 0.416 e. The highest BCUT2D eigenvalue weighted by atomic mass is 35.5. The first-order valence-corrected chi connectivity index (χ1v) is 9.96. The predicted octanol–water partition coefficient (Wildman–Crippen LogP) is 5.72. The van der Waals surface area contributed by atoms with E-state index in [1.165, 1.54) is 17.4 Å². The van der Waals surface area contributed by atoms with E-state index in [0.717, 1.165) is 22.7 Å². The van der Waals surface area contributed by atoms with Gasteiger partial charge in [0.2, 0.25) is 0 Å². The molecular weight excluding hydrogens is 451 g/mol. The van der Waals surface area contributed by atoms with Gasteiger partial charge in [-0.3, -0.25) is 0 Å². The molecule has 0 fully saturated rings. The van der Waals surface area contributed by atoms with Gasteiger partial charge < -0.3 is 4.74 Å². The van der Waals surface area contributed by atoms with Crippen molar-refractivity contribution < 1.29 is 17.9 Å². The highest BCUT2D eigenvalue weighted by Crippen LogP contribution is 2.36. The minimum Gasteiger partial charge on any atom is -0.487 e. The van der Waals surface area contributed by atoms with Gasteiger partial charge in [-0.1, -0.05) is 23.7 Å². The zero-order valence-corrected chi connectivity index (χ0v) is 17.0. The van der Waals surface area contributed by atoms with Crippen LogP contribution in [0.15, 0.2) is 47.8 Å². The highest BCUT2D eigenvalue weighted by Gasteiger charge is 2.32. The van der Waals surface area contributed by atoms with Gasteiger partial charge in [0.15, 0.2) is 5.69 Å². The largest absolute Gasteiger partial charge is 0.487 e. The Morgan fingerprint density at radius 3 is 2.58 bits per heavy atom. The van der Waals surface area contributed by atoms with Gasteiger partial charge in [0.1, 0.15) is 29.1 Å². The third kappa shape index (κ3) is 4.68. The summed E-state index contributed by atoms with van der Waals surface area (Å²) in [7, 11) is 0. The minimum atomic E-state index is -4.60. The number of rotatable bonds is 5. The molecule has 2 heterocycles. The Labute approximate surface area is 182 Å². The van der Waals surface area contributed by atoms with Crippen LogP contribution in [-0.4, -0.2) is 20.4 Å². The number of nitriles is 1. The van der Waals surface area contributed by atoms with E-state index in [-0.39, 0.29) is 29.3 Å². The quantitative estimate of drug-likeness (QED) is 0.411. The lowest BCUT2D eigenvalue weighted by Crippen LogP contribution is -2.06. The third-order valence-corrected chi connectivity index (χ3v) is 5.38. The van der Waals surface area contributed by atoms with Crippen LogP contribution in [0.3, 0.4) is 0 Å². The van der Waals surface area contributed by atoms with E-state index < -0.39 is 11.7 Å². The van der Waals surface area contributed by atoms with Gasteiger partial charge in [-0.25, -0.2) is 4.98 Å². The first-order chi connectivity index (χ1) is 14.8. The number of H-pyrrole nitrogens is 1. The molecule has 1 N–H and O–H groups in total. The zero-order chi connectivity index (χ0) is 22.0. The van der Waals surface area contributed by atoms with Crippen molar-refractivity contribution in [3.63, 3.8) is 0 Å². The van der Waals surface area contributed by atoms with Gasteiger partial charge in [0.25, 0.3) is 0 Å². The van der Waals surface area contributed by atoms with E-state index in [4.69, 9.17) is 21.6 Å². The topological polar surface area (TPSA) is 87.5 Å². The molecule has 0 aliphatic rings. The van der Waals surface area contributed by atoms with E-state index in [2.05, 4.69) is 20.4 Å². The second-order valence-corrected chi connectivity index (χ2v) is 7.61. The predicted molar refractivity (Wildman–Crippen MR) is 108 cm³/mol. The van der Waals surface area contributed by atoms with Crippen LogP contribution in [-0.2, 0) is 12.8 Å². The normalized spacial score (nSPS) is 11.3. The summed E-state index contributed by atoms with van der Waals surface area (Å²) in [6.07, 6.45) is -4.60. The number of halogens is 4. The van der Waals surface area contributed by atoms with Crippen molar-refractivity contribution in [3.05, 3.63) is 69.8 Å². The van der Waals surface area contributed by atoms with E-state index in [0.29, 0.717) is 10.7 Å². The second kappa shape index (κ2) is 8.37. The molecular formula is C20H11ClF3N5OS. The summed E-state index contributed by atoms with van der Waals surface area (Å²) >= 11 is 7.27. The van der Waals surface area contributed by atoms with Gasteiger partial charge in [-0.05, 0) is 30.3 Å². The second-order valence-electron chi connectivity index (χ2n) is 6.32. The molecule has 0 spiro atoms. The lowest BCUT2D eigenvalue weighted by atomic mass is 10.1. The molecule has 0 amide bonds. The molecule has 0 aliphatic heterocycles. The Kier molecular flexibility index (Phi) is 5.63. The molecule has 156 valence electrons. The van der Waals surface area contributed by atoms with Crippen LogP contribution in [0.4, 0.5) is 13.2 Å². The van der Waals surface area contributed by atoms with Crippen molar-refractivity contribution in [2.45, 2.75) is 12.8 Å². The fraction of sp³-hybridized carbons (Fsp3) is 0.100. The van der Waals surface area contributed by atoms with Crippen molar-refractivity contribution in [3.8, 4) is 33.6 Å². The molecule has 0 atom stereocenters.